The van der Waals surface area contributed by atoms with Crippen molar-refractivity contribution in [3.8, 4) is 17.2 Å². The summed E-state index contributed by atoms with van der Waals surface area (Å²) in [5.41, 5.74) is 8.54. The number of hydrogen-bond acceptors (Lipinski definition) is 5. The third-order valence-electron chi connectivity index (χ3n) is 10.1. The van der Waals surface area contributed by atoms with Crippen LogP contribution in [0.4, 0.5) is 0 Å². The first kappa shape index (κ1) is 26.6. The minimum atomic E-state index is 0.123. The summed E-state index contributed by atoms with van der Waals surface area (Å²) in [5, 5.41) is 19.4. The molecule has 0 aromatic heterocycles. The van der Waals surface area contributed by atoms with E-state index in [4.69, 9.17) is 14.6 Å². The van der Waals surface area contributed by atoms with Crippen molar-refractivity contribution in [2.75, 3.05) is 7.11 Å². The molecule has 3 aliphatic carbocycles. The number of fused-ring (bicyclic) bond motifs is 5. The molecule has 0 bridgehead atoms. The van der Waals surface area contributed by atoms with E-state index in [0.29, 0.717) is 30.1 Å². The monoisotopic (exact) mass is 536 g/mol. The Morgan fingerprint density at radius 1 is 1.00 bits per heavy atom. The minimum absolute atomic E-state index is 0.123. The first-order valence-corrected chi connectivity index (χ1v) is 14.7. The number of hydrogen-bond donors (Lipinski definition) is 1. The second kappa shape index (κ2) is 10.8. The predicted octanol–water partition coefficient (Wildman–Crippen LogP) is 7.93. The van der Waals surface area contributed by atoms with E-state index >= 15 is 0 Å². The maximum absolute atomic E-state index is 9.97. The van der Waals surface area contributed by atoms with Crippen LogP contribution in [-0.2, 0) is 13.0 Å². The Kier molecular flexibility index (Phi) is 7.16. The van der Waals surface area contributed by atoms with Crippen molar-refractivity contribution in [3.63, 3.8) is 0 Å². The Labute approximate surface area is 238 Å². The van der Waals surface area contributed by atoms with E-state index in [2.05, 4.69) is 44.1 Å². The Morgan fingerprint density at radius 2 is 1.88 bits per heavy atom. The van der Waals surface area contributed by atoms with Gasteiger partial charge in [-0.2, -0.15) is 10.2 Å². The number of phenols is 1. The Hall–Kier alpha value is -3.60. The van der Waals surface area contributed by atoms with E-state index in [9.17, 15) is 5.11 Å². The fourth-order valence-corrected chi connectivity index (χ4v) is 7.71. The number of aromatic hydroxyl groups is 1. The zero-order valence-electron chi connectivity index (χ0n) is 24.1. The van der Waals surface area contributed by atoms with Crippen LogP contribution < -0.4 is 9.47 Å². The second-order valence-electron chi connectivity index (χ2n) is 12.1. The third-order valence-corrected chi connectivity index (χ3v) is 10.1. The van der Waals surface area contributed by atoms with E-state index < -0.39 is 0 Å². The average molecular weight is 537 g/mol. The SMILES string of the molecule is COc1ccc(/C=N\N=C2\CC[C@@H]3[C@H]4CCc5cc(O)ccc5[C@@H]4CC[C@@]23C)cc1COc1cccc(C)c1C. The van der Waals surface area contributed by atoms with E-state index in [0.717, 1.165) is 47.5 Å². The molecule has 1 N–H and O–H groups in total. The lowest BCUT2D eigenvalue weighted by atomic mass is 9.55. The number of phenolic OH excluding ortho intramolecular Hbond substituents is 1. The lowest BCUT2D eigenvalue weighted by molar-refractivity contribution is 0.0955. The van der Waals surface area contributed by atoms with Gasteiger partial charge in [0.25, 0.3) is 0 Å². The van der Waals surface area contributed by atoms with Crippen LogP contribution in [0.5, 0.6) is 17.2 Å². The number of benzene rings is 3. The van der Waals surface area contributed by atoms with Crippen LogP contribution in [0, 0.1) is 31.1 Å². The van der Waals surface area contributed by atoms with E-state index in [-0.39, 0.29) is 5.41 Å². The molecule has 5 nitrogen and oxygen atoms in total. The molecule has 2 saturated carbocycles. The first-order chi connectivity index (χ1) is 19.4. The fourth-order valence-electron chi connectivity index (χ4n) is 7.71. The molecule has 0 amide bonds. The van der Waals surface area contributed by atoms with Crippen LogP contribution in [0.1, 0.15) is 78.3 Å². The van der Waals surface area contributed by atoms with Gasteiger partial charge < -0.3 is 14.6 Å². The molecule has 3 aromatic rings. The maximum atomic E-state index is 9.97. The molecule has 0 unspecified atom stereocenters. The predicted molar refractivity (Wildman–Crippen MR) is 161 cm³/mol. The molecular weight excluding hydrogens is 496 g/mol. The summed E-state index contributed by atoms with van der Waals surface area (Å²) in [7, 11) is 1.69. The summed E-state index contributed by atoms with van der Waals surface area (Å²) >= 11 is 0. The molecule has 40 heavy (non-hydrogen) atoms. The van der Waals surface area contributed by atoms with Crippen molar-refractivity contribution in [2.24, 2.45) is 27.5 Å². The molecule has 0 saturated heterocycles. The first-order valence-electron chi connectivity index (χ1n) is 14.7. The normalized spacial score (nSPS) is 26.4. The zero-order chi connectivity index (χ0) is 27.9. The van der Waals surface area contributed by atoms with Gasteiger partial charge >= 0.3 is 0 Å². The molecule has 0 heterocycles. The lowest BCUT2D eigenvalue weighted by Crippen LogP contribution is -2.42. The Bertz CT molecular complexity index is 1480. The Balaban J connectivity index is 1.17. The van der Waals surface area contributed by atoms with Gasteiger partial charge in [0, 0.05) is 16.7 Å². The largest absolute Gasteiger partial charge is 0.508 e. The zero-order valence-corrected chi connectivity index (χ0v) is 24.1. The topological polar surface area (TPSA) is 63.4 Å². The molecule has 5 heteroatoms. The Morgan fingerprint density at radius 3 is 2.73 bits per heavy atom. The summed E-state index contributed by atoms with van der Waals surface area (Å²) < 4.78 is 11.8. The van der Waals surface area contributed by atoms with Gasteiger partial charge in [0.2, 0.25) is 0 Å². The van der Waals surface area contributed by atoms with Crippen LogP contribution in [0.25, 0.3) is 0 Å². The number of methoxy groups -OCH3 is 1. The summed E-state index contributed by atoms with van der Waals surface area (Å²) in [5.74, 6) is 4.04. The van der Waals surface area contributed by atoms with Crippen molar-refractivity contribution in [2.45, 2.75) is 71.8 Å². The van der Waals surface area contributed by atoms with Gasteiger partial charge in [-0.05, 0) is 134 Å². The van der Waals surface area contributed by atoms with Crippen molar-refractivity contribution in [3.05, 3.63) is 88.0 Å². The summed E-state index contributed by atoms with van der Waals surface area (Å²) in [6, 6.07) is 18.2. The van der Waals surface area contributed by atoms with E-state index in [1.165, 1.54) is 41.7 Å². The number of aryl methyl sites for hydroxylation is 2. The van der Waals surface area contributed by atoms with Crippen molar-refractivity contribution < 1.29 is 14.6 Å². The molecule has 0 aliphatic heterocycles. The summed E-state index contributed by atoms with van der Waals surface area (Å²) in [4.78, 5) is 0. The minimum Gasteiger partial charge on any atom is -0.508 e. The van der Waals surface area contributed by atoms with Gasteiger partial charge in [0.15, 0.2) is 0 Å². The molecule has 4 atom stereocenters. The van der Waals surface area contributed by atoms with Crippen molar-refractivity contribution >= 4 is 11.9 Å². The number of rotatable bonds is 6. The van der Waals surface area contributed by atoms with Gasteiger partial charge in [-0.1, -0.05) is 25.1 Å². The quantitative estimate of drug-likeness (QED) is 0.257. The average Bonchev–Trinajstić information content (AvgIpc) is 3.29. The van der Waals surface area contributed by atoms with Gasteiger partial charge in [0.05, 0.1) is 13.3 Å². The van der Waals surface area contributed by atoms with Gasteiger partial charge in [-0.15, -0.1) is 0 Å². The van der Waals surface area contributed by atoms with Crippen LogP contribution in [0.3, 0.4) is 0 Å². The van der Waals surface area contributed by atoms with Gasteiger partial charge in [-0.25, -0.2) is 0 Å². The maximum Gasteiger partial charge on any atom is 0.125 e. The highest BCUT2D eigenvalue weighted by atomic mass is 16.5. The van der Waals surface area contributed by atoms with Crippen molar-refractivity contribution in [1.82, 2.24) is 0 Å². The second-order valence-corrected chi connectivity index (χ2v) is 12.1. The van der Waals surface area contributed by atoms with Gasteiger partial charge in [-0.3, -0.25) is 0 Å². The highest BCUT2D eigenvalue weighted by Crippen LogP contribution is 2.60. The molecule has 208 valence electrons. The van der Waals surface area contributed by atoms with E-state index in [1.54, 1.807) is 7.11 Å². The molecule has 0 spiro atoms. The lowest BCUT2D eigenvalue weighted by Gasteiger charge is -2.49. The highest BCUT2D eigenvalue weighted by molar-refractivity contribution is 5.93. The van der Waals surface area contributed by atoms with Crippen LogP contribution in [-0.4, -0.2) is 24.1 Å². The van der Waals surface area contributed by atoms with Crippen LogP contribution in [0.15, 0.2) is 64.8 Å². The molecule has 0 radical (unpaired) electrons. The van der Waals surface area contributed by atoms with Crippen LogP contribution in [0.2, 0.25) is 0 Å². The molecule has 3 aromatic carbocycles. The van der Waals surface area contributed by atoms with Crippen LogP contribution >= 0.6 is 0 Å². The third kappa shape index (κ3) is 4.80. The smallest absolute Gasteiger partial charge is 0.125 e. The van der Waals surface area contributed by atoms with E-state index in [1.807, 2.05) is 42.6 Å². The van der Waals surface area contributed by atoms with Gasteiger partial charge in [0.1, 0.15) is 23.9 Å². The highest BCUT2D eigenvalue weighted by Gasteiger charge is 2.53. The number of ether oxygens (including phenoxy) is 2. The summed E-state index contributed by atoms with van der Waals surface area (Å²) in [6.45, 7) is 7.04. The summed E-state index contributed by atoms with van der Waals surface area (Å²) in [6.07, 6.45) is 8.69. The molecule has 3 aliphatic rings. The molecule has 2 fully saturated rings. The fraction of sp³-hybridized carbons (Fsp3) is 0.429. The molecule has 6 rings (SSSR count). The standard InChI is InChI=1S/C35H40N2O3/c1-22-6-5-7-32(23(22)2)40-21-26-18-24(8-14-33(26)39-4)20-36-37-34-15-13-31-30-11-9-25-19-27(38)10-12-28(25)29(30)16-17-35(31,34)3/h5-8,10,12,14,18-20,29-31,38H,9,11,13,15-17,21H2,1-4H3/b36-20-,37-34-/t29-,30-,31+,35+/m0/s1. The number of nitrogens with zero attached hydrogens (tertiary/aromatic N) is 2. The van der Waals surface area contributed by atoms with Crippen molar-refractivity contribution in [1.29, 1.82) is 0 Å². The molecular formula is C35H40N2O3.